The van der Waals surface area contributed by atoms with Crippen molar-refractivity contribution in [2.24, 2.45) is 0 Å². The van der Waals surface area contributed by atoms with Crippen molar-refractivity contribution in [3.63, 3.8) is 0 Å². The van der Waals surface area contributed by atoms with Crippen LogP contribution in [0.1, 0.15) is 43.1 Å². The molecule has 3 N–H and O–H groups in total. The minimum absolute atomic E-state index is 0.281. The van der Waals surface area contributed by atoms with Crippen LogP contribution in [0.4, 0.5) is 5.82 Å². The molecule has 0 unspecified atom stereocenters. The summed E-state index contributed by atoms with van der Waals surface area (Å²) >= 11 is 0. The molecule has 230 valence electrons. The van der Waals surface area contributed by atoms with Gasteiger partial charge in [-0.1, -0.05) is 24.3 Å². The molecule has 2 aromatic carbocycles. The maximum atomic E-state index is 6.47. The number of aromatic nitrogens is 6. The Kier molecular flexibility index (Phi) is 8.16. The number of nitrogens with one attached hydrogen (secondary N) is 1. The van der Waals surface area contributed by atoms with Crippen molar-refractivity contribution in [2.45, 2.75) is 44.2 Å². The molecule has 1 saturated carbocycles. The Morgan fingerprint density at radius 2 is 1.75 bits per heavy atom. The largest absolute Gasteiger partial charge is 0.496 e. The van der Waals surface area contributed by atoms with Gasteiger partial charge >= 0.3 is 0 Å². The standard InChI is InChI=1S/C33H41N9O2/c1-43-18-17-40-13-15-41(16-14-40)24-8-10-25(11-9-24)42-33-30(32(34)35-21-36-33)31(39-42)23-7-12-26-27(19-23)38-29(37-26)20-22-5-3-4-6-28(22)44-2/h3-7,12,19,21,24-25H,8-11,13-18,20H2,1-2H3,(H,37,38)(H2,34,35,36). The zero-order valence-electron chi connectivity index (χ0n) is 25.6. The monoisotopic (exact) mass is 595 g/mol. The lowest BCUT2D eigenvalue weighted by Crippen LogP contribution is -2.51. The zero-order chi connectivity index (χ0) is 30.0. The van der Waals surface area contributed by atoms with Crippen molar-refractivity contribution in [1.29, 1.82) is 0 Å². The van der Waals surface area contributed by atoms with E-state index in [9.17, 15) is 0 Å². The maximum absolute atomic E-state index is 6.47. The fourth-order valence-electron chi connectivity index (χ4n) is 7.02. The van der Waals surface area contributed by atoms with Gasteiger partial charge in [-0.05, 0) is 43.9 Å². The number of nitrogens with zero attached hydrogens (tertiary/aromatic N) is 7. The number of nitrogens with two attached hydrogens (primary N) is 1. The highest BCUT2D eigenvalue weighted by molar-refractivity contribution is 5.99. The molecular formula is C33H41N9O2. The number of hydrogen-bond acceptors (Lipinski definition) is 9. The Morgan fingerprint density at radius 3 is 2.55 bits per heavy atom. The molecule has 4 heterocycles. The molecular weight excluding hydrogens is 554 g/mol. The van der Waals surface area contributed by atoms with Gasteiger partial charge < -0.3 is 20.2 Å². The lowest BCUT2D eigenvalue weighted by molar-refractivity contribution is 0.0572. The van der Waals surface area contributed by atoms with E-state index in [-0.39, 0.29) is 6.04 Å². The van der Waals surface area contributed by atoms with Gasteiger partial charge in [0.1, 0.15) is 29.4 Å². The van der Waals surface area contributed by atoms with Gasteiger partial charge in [0.25, 0.3) is 0 Å². The SMILES string of the molecule is COCCN1CCN(C2CCC(n3nc(-c4ccc5nc(Cc6ccccc6OC)[nH]c5c4)c4c(N)ncnc43)CC2)CC1. The predicted octanol–water partition coefficient (Wildman–Crippen LogP) is 4.30. The fourth-order valence-corrected chi connectivity index (χ4v) is 7.02. The Balaban J connectivity index is 1.11. The summed E-state index contributed by atoms with van der Waals surface area (Å²) in [6.45, 7) is 6.33. The molecule has 0 atom stereocenters. The first-order valence-electron chi connectivity index (χ1n) is 15.7. The van der Waals surface area contributed by atoms with Crippen molar-refractivity contribution in [3.8, 4) is 17.0 Å². The number of ether oxygens (including phenoxy) is 2. The lowest BCUT2D eigenvalue weighted by Gasteiger charge is -2.42. The van der Waals surface area contributed by atoms with Gasteiger partial charge in [-0.25, -0.2) is 19.6 Å². The second kappa shape index (κ2) is 12.5. The van der Waals surface area contributed by atoms with Crippen LogP contribution in [0, 0.1) is 0 Å². The Bertz CT molecular complexity index is 1730. The Labute approximate surface area is 257 Å². The predicted molar refractivity (Wildman–Crippen MR) is 172 cm³/mol. The number of piperazine rings is 1. The number of H-pyrrole nitrogens is 1. The number of aromatic amines is 1. The molecule has 0 spiro atoms. The summed E-state index contributed by atoms with van der Waals surface area (Å²) < 4.78 is 12.9. The van der Waals surface area contributed by atoms with Crippen LogP contribution in [-0.2, 0) is 11.2 Å². The second-order valence-corrected chi connectivity index (χ2v) is 12.0. The van der Waals surface area contributed by atoms with E-state index in [1.165, 1.54) is 0 Å². The van der Waals surface area contributed by atoms with Gasteiger partial charge in [-0.15, -0.1) is 0 Å². The van der Waals surface area contributed by atoms with E-state index < -0.39 is 0 Å². The average Bonchev–Trinajstić information content (AvgIpc) is 3.66. The Morgan fingerprint density at radius 1 is 0.955 bits per heavy atom. The molecule has 1 saturated heterocycles. The zero-order valence-corrected chi connectivity index (χ0v) is 25.6. The van der Waals surface area contributed by atoms with Crippen LogP contribution >= 0.6 is 0 Å². The summed E-state index contributed by atoms with van der Waals surface area (Å²) in [6, 6.07) is 15.2. The van der Waals surface area contributed by atoms with Crippen LogP contribution in [0.25, 0.3) is 33.3 Å². The van der Waals surface area contributed by atoms with E-state index in [2.05, 4.69) is 47.6 Å². The van der Waals surface area contributed by atoms with Crippen molar-refractivity contribution in [2.75, 3.05) is 59.3 Å². The van der Waals surface area contributed by atoms with Gasteiger partial charge in [0.2, 0.25) is 0 Å². The normalized spacial score (nSPS) is 20.0. The fraction of sp³-hybridized carbons (Fsp3) is 0.455. The highest BCUT2D eigenvalue weighted by Gasteiger charge is 2.31. The summed E-state index contributed by atoms with van der Waals surface area (Å²) in [5, 5.41) is 5.99. The minimum atomic E-state index is 0.281. The van der Waals surface area contributed by atoms with Gasteiger partial charge in [0.05, 0.1) is 36.2 Å². The first kappa shape index (κ1) is 28.7. The quantitative estimate of drug-likeness (QED) is 0.257. The molecule has 1 aliphatic carbocycles. The van der Waals surface area contributed by atoms with E-state index in [0.29, 0.717) is 18.3 Å². The maximum Gasteiger partial charge on any atom is 0.164 e. The first-order chi connectivity index (χ1) is 21.6. The Hall–Kier alpha value is -4.06. The number of anilines is 1. The van der Waals surface area contributed by atoms with Gasteiger partial charge in [0, 0.05) is 63.4 Å². The molecule has 1 aliphatic heterocycles. The van der Waals surface area contributed by atoms with E-state index in [1.54, 1.807) is 20.5 Å². The average molecular weight is 596 g/mol. The highest BCUT2D eigenvalue weighted by Crippen LogP contribution is 2.37. The summed E-state index contributed by atoms with van der Waals surface area (Å²) in [7, 11) is 3.47. The van der Waals surface area contributed by atoms with Crippen molar-refractivity contribution >= 4 is 27.9 Å². The third kappa shape index (κ3) is 5.62. The number of para-hydroxylation sites is 1. The molecule has 2 fully saturated rings. The summed E-state index contributed by atoms with van der Waals surface area (Å²) in [6.07, 6.45) is 6.67. The number of hydrogen-bond donors (Lipinski definition) is 2. The second-order valence-electron chi connectivity index (χ2n) is 12.0. The molecule has 44 heavy (non-hydrogen) atoms. The number of imidazole rings is 1. The molecule has 0 bridgehead atoms. The van der Waals surface area contributed by atoms with Crippen LogP contribution in [0.15, 0.2) is 48.8 Å². The summed E-state index contributed by atoms with van der Waals surface area (Å²) in [4.78, 5) is 22.6. The van der Waals surface area contributed by atoms with Crippen LogP contribution in [-0.4, -0.2) is 99.1 Å². The van der Waals surface area contributed by atoms with E-state index in [0.717, 1.165) is 115 Å². The summed E-state index contributed by atoms with van der Waals surface area (Å²) in [5.41, 5.74) is 12.0. The summed E-state index contributed by atoms with van der Waals surface area (Å²) in [5.74, 6) is 2.20. The molecule has 0 radical (unpaired) electrons. The molecule has 11 nitrogen and oxygen atoms in total. The van der Waals surface area contributed by atoms with E-state index in [4.69, 9.17) is 25.3 Å². The number of methoxy groups -OCH3 is 2. The van der Waals surface area contributed by atoms with Gasteiger partial charge in [0.15, 0.2) is 5.65 Å². The third-order valence-electron chi connectivity index (χ3n) is 9.42. The van der Waals surface area contributed by atoms with Crippen LogP contribution in [0.3, 0.4) is 0 Å². The van der Waals surface area contributed by atoms with Crippen LogP contribution < -0.4 is 10.5 Å². The number of nitrogen functional groups attached to an aromatic ring is 1. The molecule has 2 aliphatic rings. The van der Waals surface area contributed by atoms with Crippen LogP contribution in [0.5, 0.6) is 5.75 Å². The first-order valence-corrected chi connectivity index (χ1v) is 15.7. The topological polar surface area (TPSA) is 123 Å². The van der Waals surface area contributed by atoms with E-state index in [1.807, 2.05) is 24.3 Å². The number of rotatable bonds is 9. The van der Waals surface area contributed by atoms with Gasteiger partial charge in [-0.2, -0.15) is 5.10 Å². The third-order valence-corrected chi connectivity index (χ3v) is 9.42. The molecule has 7 rings (SSSR count). The minimum Gasteiger partial charge on any atom is -0.496 e. The lowest BCUT2D eigenvalue weighted by atomic mass is 9.90. The van der Waals surface area contributed by atoms with Crippen molar-refractivity contribution in [3.05, 3.63) is 60.2 Å². The molecule has 5 aromatic rings. The van der Waals surface area contributed by atoms with E-state index >= 15 is 0 Å². The molecule has 3 aromatic heterocycles. The molecule has 11 heteroatoms. The van der Waals surface area contributed by atoms with Gasteiger partial charge in [-0.3, -0.25) is 9.80 Å². The number of benzene rings is 2. The van der Waals surface area contributed by atoms with Crippen molar-refractivity contribution < 1.29 is 9.47 Å². The molecule has 0 amide bonds. The van der Waals surface area contributed by atoms with Crippen LogP contribution in [0.2, 0.25) is 0 Å². The smallest absolute Gasteiger partial charge is 0.164 e. The van der Waals surface area contributed by atoms with Crippen molar-refractivity contribution in [1.82, 2.24) is 39.5 Å². The highest BCUT2D eigenvalue weighted by atomic mass is 16.5. The number of fused-ring (bicyclic) bond motifs is 2.